The highest BCUT2D eigenvalue weighted by Gasteiger charge is 2.10. The monoisotopic (exact) mass is 190 g/mol. The van der Waals surface area contributed by atoms with Gasteiger partial charge in [0.2, 0.25) is 0 Å². The van der Waals surface area contributed by atoms with Crippen LogP contribution in [0.15, 0.2) is 24.5 Å². The topological polar surface area (TPSA) is 46.5 Å². The van der Waals surface area contributed by atoms with E-state index in [0.29, 0.717) is 0 Å². The van der Waals surface area contributed by atoms with E-state index in [2.05, 4.69) is 18.0 Å². The minimum Gasteiger partial charge on any atom is -0.321 e. The fourth-order valence-corrected chi connectivity index (χ4v) is 0.960. The molecule has 1 atom stereocenters. The highest BCUT2D eigenvalue weighted by atomic mass is 31.2. The molecule has 3 nitrogen and oxygen atoms in total. The summed E-state index contributed by atoms with van der Waals surface area (Å²) in [6.07, 6.45) is 5.68. The van der Waals surface area contributed by atoms with Gasteiger partial charge in [0.15, 0.2) is 0 Å². The molecule has 0 aromatic rings. The molecule has 0 saturated heterocycles. The van der Waals surface area contributed by atoms with Gasteiger partial charge in [-0.25, -0.2) is 0 Å². The smallest absolute Gasteiger partial charge is 0.321 e. The molecule has 0 aliphatic carbocycles. The van der Waals surface area contributed by atoms with E-state index in [4.69, 9.17) is 4.89 Å². The van der Waals surface area contributed by atoms with E-state index in [9.17, 15) is 4.57 Å². The van der Waals surface area contributed by atoms with Gasteiger partial charge in [0.1, 0.15) is 0 Å². The molecule has 4 heteroatoms. The van der Waals surface area contributed by atoms with Crippen molar-refractivity contribution in [3.63, 3.8) is 0 Å². The van der Waals surface area contributed by atoms with Crippen molar-refractivity contribution in [3.8, 4) is 0 Å². The van der Waals surface area contributed by atoms with Crippen LogP contribution in [0.4, 0.5) is 0 Å². The molecule has 0 aromatic carbocycles. The van der Waals surface area contributed by atoms with Gasteiger partial charge in [-0.2, -0.15) is 0 Å². The predicted molar refractivity (Wildman–Crippen MR) is 50.0 cm³/mol. The molecule has 12 heavy (non-hydrogen) atoms. The van der Waals surface area contributed by atoms with Crippen LogP contribution in [0.1, 0.15) is 19.8 Å². The molecule has 0 fully saturated rings. The van der Waals surface area contributed by atoms with Crippen molar-refractivity contribution in [1.82, 2.24) is 0 Å². The Labute approximate surface area is 73.3 Å². The molecule has 0 saturated carbocycles. The lowest BCUT2D eigenvalue weighted by Gasteiger charge is -2.03. The number of unbranched alkanes of at least 4 members (excludes halogenated alkanes) is 1. The normalized spacial score (nSPS) is 16.2. The second kappa shape index (κ2) is 6.18. The number of hydrogen-bond donors (Lipinski definition) is 1. The quantitative estimate of drug-likeness (QED) is 0.517. The predicted octanol–water partition coefficient (Wildman–Crippen LogP) is 2.69. The first-order valence-electron chi connectivity index (χ1n) is 3.88. The molecule has 0 spiro atoms. The fourth-order valence-electron chi connectivity index (χ4n) is 0.555. The second-order valence-electron chi connectivity index (χ2n) is 2.30. The molecule has 0 aliphatic heterocycles. The van der Waals surface area contributed by atoms with Gasteiger partial charge >= 0.3 is 7.60 Å². The van der Waals surface area contributed by atoms with Gasteiger partial charge in [-0.15, -0.1) is 0 Å². The maximum Gasteiger partial charge on any atom is 0.351 e. The summed E-state index contributed by atoms with van der Waals surface area (Å²) in [6.45, 7) is 5.41. The van der Waals surface area contributed by atoms with Crippen molar-refractivity contribution >= 4 is 7.60 Å². The molecule has 0 rings (SSSR count). The molecule has 70 valence electrons. The Morgan fingerprint density at radius 1 is 1.58 bits per heavy atom. The largest absolute Gasteiger partial charge is 0.351 e. The zero-order chi connectivity index (χ0) is 9.45. The Morgan fingerprint density at radius 3 is 2.75 bits per heavy atom. The van der Waals surface area contributed by atoms with Gasteiger partial charge in [-0.05, 0) is 6.42 Å². The van der Waals surface area contributed by atoms with Crippen LogP contribution in [-0.2, 0) is 9.09 Å². The van der Waals surface area contributed by atoms with Crippen LogP contribution in [0.25, 0.3) is 0 Å². The zero-order valence-corrected chi connectivity index (χ0v) is 8.17. The highest BCUT2D eigenvalue weighted by molar-refractivity contribution is 7.56. The van der Waals surface area contributed by atoms with Crippen molar-refractivity contribution in [2.24, 2.45) is 0 Å². The van der Waals surface area contributed by atoms with Crippen LogP contribution in [0.5, 0.6) is 0 Å². The van der Waals surface area contributed by atoms with E-state index in [-0.39, 0.29) is 6.61 Å². The van der Waals surface area contributed by atoms with Crippen molar-refractivity contribution in [3.05, 3.63) is 24.5 Å². The minimum absolute atomic E-state index is 0.166. The fraction of sp³-hybridized carbons (Fsp3) is 0.500. The van der Waals surface area contributed by atoms with Gasteiger partial charge in [0.25, 0.3) is 0 Å². The van der Waals surface area contributed by atoms with Crippen LogP contribution in [0.3, 0.4) is 0 Å². The van der Waals surface area contributed by atoms with E-state index in [0.717, 1.165) is 18.7 Å². The Balaban J connectivity index is 3.56. The summed E-state index contributed by atoms with van der Waals surface area (Å²) in [5, 5.41) is 0. The number of allylic oxidation sites excluding steroid dienone is 1. The zero-order valence-electron chi connectivity index (χ0n) is 7.27. The molecule has 0 heterocycles. The van der Waals surface area contributed by atoms with Gasteiger partial charge < -0.3 is 9.42 Å². The van der Waals surface area contributed by atoms with Gasteiger partial charge in [0, 0.05) is 5.82 Å². The van der Waals surface area contributed by atoms with E-state index < -0.39 is 7.60 Å². The summed E-state index contributed by atoms with van der Waals surface area (Å²) in [5.41, 5.74) is 0. The molecule has 1 unspecified atom stereocenters. The lowest BCUT2D eigenvalue weighted by atomic mass is 10.3. The van der Waals surface area contributed by atoms with E-state index in [1.165, 1.54) is 0 Å². The lowest BCUT2D eigenvalue weighted by molar-refractivity contribution is 0.297. The molecular formula is C8H15O3P. The van der Waals surface area contributed by atoms with Crippen molar-refractivity contribution in [1.29, 1.82) is 0 Å². The lowest BCUT2D eigenvalue weighted by Crippen LogP contribution is -1.85. The van der Waals surface area contributed by atoms with Crippen molar-refractivity contribution in [2.75, 3.05) is 6.61 Å². The Hall–Kier alpha value is -0.370. The Morgan fingerprint density at radius 2 is 2.25 bits per heavy atom. The first kappa shape index (κ1) is 11.6. The maximum absolute atomic E-state index is 10.8. The number of rotatable bonds is 6. The molecule has 0 amide bonds. The van der Waals surface area contributed by atoms with Gasteiger partial charge in [-0.3, -0.25) is 4.57 Å². The first-order chi connectivity index (χ1) is 5.62. The van der Waals surface area contributed by atoms with Gasteiger partial charge in [-0.1, -0.05) is 32.1 Å². The molecule has 0 bridgehead atoms. The summed E-state index contributed by atoms with van der Waals surface area (Å²) in [4.78, 5) is 8.86. The molecule has 0 radical (unpaired) electrons. The van der Waals surface area contributed by atoms with Crippen LogP contribution >= 0.6 is 7.60 Å². The number of hydrogen-bond acceptors (Lipinski definition) is 2. The molecule has 0 aliphatic rings. The third kappa shape index (κ3) is 6.35. The summed E-state index contributed by atoms with van der Waals surface area (Å²) in [6, 6.07) is 0. The third-order valence-corrected chi connectivity index (χ3v) is 2.19. The molecule has 0 aromatic heterocycles. The minimum atomic E-state index is -3.51. The van der Waals surface area contributed by atoms with E-state index >= 15 is 0 Å². The van der Waals surface area contributed by atoms with E-state index in [1.807, 2.05) is 6.08 Å². The Kier molecular flexibility index (Phi) is 5.99. The maximum atomic E-state index is 10.8. The van der Waals surface area contributed by atoms with Crippen molar-refractivity contribution < 1.29 is 14.0 Å². The second-order valence-corrected chi connectivity index (χ2v) is 4.05. The SMILES string of the molecule is C=CP(=O)(O)OCC=CCCC. The summed E-state index contributed by atoms with van der Waals surface area (Å²) in [7, 11) is -3.51. The van der Waals surface area contributed by atoms with Gasteiger partial charge in [0.05, 0.1) is 6.61 Å². The average Bonchev–Trinajstić information content (AvgIpc) is 2.04. The Bertz CT molecular complexity index is 198. The van der Waals surface area contributed by atoms with Crippen LogP contribution in [0.2, 0.25) is 0 Å². The summed E-state index contributed by atoms with van der Waals surface area (Å²) in [5.74, 6) is 0.931. The highest BCUT2D eigenvalue weighted by Crippen LogP contribution is 2.42. The summed E-state index contributed by atoms with van der Waals surface area (Å²) >= 11 is 0. The molecular weight excluding hydrogens is 175 g/mol. The summed E-state index contributed by atoms with van der Waals surface area (Å²) < 4.78 is 15.4. The first-order valence-corrected chi connectivity index (χ1v) is 5.52. The molecule has 1 N–H and O–H groups in total. The third-order valence-electron chi connectivity index (χ3n) is 1.21. The van der Waals surface area contributed by atoms with Crippen LogP contribution in [0, 0.1) is 0 Å². The van der Waals surface area contributed by atoms with Crippen molar-refractivity contribution in [2.45, 2.75) is 19.8 Å². The van der Waals surface area contributed by atoms with Crippen LogP contribution < -0.4 is 0 Å². The van der Waals surface area contributed by atoms with E-state index in [1.54, 1.807) is 6.08 Å². The average molecular weight is 190 g/mol. The van der Waals surface area contributed by atoms with Crippen LogP contribution in [-0.4, -0.2) is 11.5 Å². The standard InChI is InChI=1S/C8H15O3P/c1-3-5-6-7-8-11-12(9,10)4-2/h4,6-7H,2-3,5,8H2,1H3,(H,9,10).